The molecule has 0 fully saturated rings. The molecule has 0 aliphatic carbocycles. The zero-order chi connectivity index (χ0) is 16.1. The third-order valence-electron chi connectivity index (χ3n) is 4.19. The lowest BCUT2D eigenvalue weighted by molar-refractivity contribution is -0.123. The van der Waals surface area contributed by atoms with Gasteiger partial charge in [0.2, 0.25) is 5.91 Å². The van der Waals surface area contributed by atoms with Crippen LogP contribution in [0.1, 0.15) is 31.9 Å². The summed E-state index contributed by atoms with van der Waals surface area (Å²) in [5, 5.41) is 15.2. The van der Waals surface area contributed by atoms with Crippen LogP contribution in [0.4, 0.5) is 0 Å². The molecule has 3 atom stereocenters. The van der Waals surface area contributed by atoms with Gasteiger partial charge in [-0.3, -0.25) is 4.79 Å². The molecule has 4 nitrogen and oxygen atoms in total. The number of fused-ring (bicyclic) bond motifs is 1. The van der Waals surface area contributed by atoms with E-state index in [2.05, 4.69) is 5.32 Å². The van der Waals surface area contributed by atoms with Crippen LogP contribution in [0.2, 0.25) is 0 Å². The topological polar surface area (TPSA) is 75.4 Å². The molecule has 0 aliphatic heterocycles. The molecule has 0 heterocycles. The van der Waals surface area contributed by atoms with Gasteiger partial charge in [0.05, 0.1) is 12.1 Å². The summed E-state index contributed by atoms with van der Waals surface area (Å²) in [7, 11) is 0. The number of aliphatic hydroxyl groups excluding tert-OH is 1. The second kappa shape index (κ2) is 7.38. The zero-order valence-electron chi connectivity index (χ0n) is 13.1. The summed E-state index contributed by atoms with van der Waals surface area (Å²) in [5.74, 6) is -0.0907. The highest BCUT2D eigenvalue weighted by molar-refractivity contribution is 5.83. The van der Waals surface area contributed by atoms with E-state index in [0.717, 1.165) is 22.8 Å². The molecule has 0 spiro atoms. The minimum absolute atomic E-state index is 0.123. The molecule has 0 saturated carbocycles. The van der Waals surface area contributed by atoms with Crippen molar-refractivity contribution in [2.75, 3.05) is 6.54 Å². The third-order valence-corrected chi connectivity index (χ3v) is 4.19. The minimum Gasteiger partial charge on any atom is -0.387 e. The summed E-state index contributed by atoms with van der Waals surface area (Å²) in [4.78, 5) is 11.9. The van der Waals surface area contributed by atoms with E-state index in [1.165, 1.54) is 0 Å². The Balaban J connectivity index is 1.99. The summed E-state index contributed by atoms with van der Waals surface area (Å²) < 4.78 is 0. The molecule has 1 amide bonds. The predicted octanol–water partition coefficient (Wildman–Crippen LogP) is 2.36. The van der Waals surface area contributed by atoms with Crippen molar-refractivity contribution in [3.05, 3.63) is 48.0 Å². The summed E-state index contributed by atoms with van der Waals surface area (Å²) in [6.45, 7) is 4.12. The highest BCUT2D eigenvalue weighted by atomic mass is 16.3. The van der Waals surface area contributed by atoms with Crippen molar-refractivity contribution in [3.63, 3.8) is 0 Å². The summed E-state index contributed by atoms with van der Waals surface area (Å²) in [6.07, 6.45) is 0.111. The molecule has 4 heteroatoms. The molecule has 3 unspecified atom stereocenters. The largest absolute Gasteiger partial charge is 0.387 e. The van der Waals surface area contributed by atoms with E-state index in [1.54, 1.807) is 0 Å². The summed E-state index contributed by atoms with van der Waals surface area (Å²) >= 11 is 0. The van der Waals surface area contributed by atoms with Crippen LogP contribution in [0.25, 0.3) is 10.8 Å². The smallest absolute Gasteiger partial charge is 0.237 e. The number of carbonyl (C=O) groups is 1. The van der Waals surface area contributed by atoms with Gasteiger partial charge < -0.3 is 16.2 Å². The average molecular weight is 300 g/mol. The van der Waals surface area contributed by atoms with E-state index >= 15 is 0 Å². The fourth-order valence-corrected chi connectivity index (χ4v) is 2.36. The van der Waals surface area contributed by atoms with Gasteiger partial charge in [-0.15, -0.1) is 0 Å². The fraction of sp³-hybridized carbons (Fsp3) is 0.389. The number of aliphatic hydroxyl groups is 1. The SMILES string of the molecule is CCC(C)C(N)C(=O)NCC(O)c1ccc2ccccc2c1. The Bertz CT molecular complexity index is 642. The number of rotatable bonds is 6. The van der Waals surface area contributed by atoms with Gasteiger partial charge in [0.25, 0.3) is 0 Å². The van der Waals surface area contributed by atoms with Crippen molar-refractivity contribution in [2.45, 2.75) is 32.4 Å². The van der Waals surface area contributed by atoms with Gasteiger partial charge >= 0.3 is 0 Å². The minimum atomic E-state index is -0.738. The van der Waals surface area contributed by atoms with E-state index < -0.39 is 12.1 Å². The predicted molar refractivity (Wildman–Crippen MR) is 89.3 cm³/mol. The van der Waals surface area contributed by atoms with Gasteiger partial charge in [0, 0.05) is 6.54 Å². The number of nitrogens with one attached hydrogen (secondary N) is 1. The van der Waals surface area contributed by atoms with Crippen molar-refractivity contribution >= 4 is 16.7 Å². The molecule has 2 aromatic carbocycles. The van der Waals surface area contributed by atoms with Gasteiger partial charge in [-0.25, -0.2) is 0 Å². The molecule has 0 bridgehead atoms. The van der Waals surface area contributed by atoms with Gasteiger partial charge in [-0.2, -0.15) is 0 Å². The number of hydrogen-bond acceptors (Lipinski definition) is 3. The molecule has 0 aliphatic rings. The van der Waals surface area contributed by atoms with Crippen LogP contribution >= 0.6 is 0 Å². The van der Waals surface area contributed by atoms with E-state index in [1.807, 2.05) is 56.3 Å². The molecule has 0 radical (unpaired) electrons. The third kappa shape index (κ3) is 3.84. The Hall–Kier alpha value is -1.91. The number of benzene rings is 2. The maximum atomic E-state index is 11.9. The van der Waals surface area contributed by atoms with E-state index in [9.17, 15) is 9.90 Å². The summed E-state index contributed by atoms with van der Waals surface area (Å²) in [5.41, 5.74) is 6.66. The molecule has 4 N–H and O–H groups in total. The van der Waals surface area contributed by atoms with Crippen LogP contribution in [0, 0.1) is 5.92 Å². The van der Waals surface area contributed by atoms with Gasteiger partial charge in [-0.1, -0.05) is 56.7 Å². The Morgan fingerprint density at radius 2 is 1.91 bits per heavy atom. The molecule has 2 rings (SSSR count). The van der Waals surface area contributed by atoms with Crippen LogP contribution in [0.15, 0.2) is 42.5 Å². The van der Waals surface area contributed by atoms with Crippen molar-refractivity contribution in [3.8, 4) is 0 Å². The van der Waals surface area contributed by atoms with Crippen molar-refractivity contribution < 1.29 is 9.90 Å². The molecule has 22 heavy (non-hydrogen) atoms. The Kier molecular flexibility index (Phi) is 5.52. The Morgan fingerprint density at radius 1 is 1.23 bits per heavy atom. The first-order valence-electron chi connectivity index (χ1n) is 7.73. The summed E-state index contributed by atoms with van der Waals surface area (Å²) in [6, 6.07) is 13.2. The standard InChI is InChI=1S/C18H24N2O2/c1-3-12(2)17(19)18(22)20-11-16(21)15-9-8-13-6-4-5-7-14(13)10-15/h4-10,12,16-17,21H,3,11,19H2,1-2H3,(H,20,22). The highest BCUT2D eigenvalue weighted by Gasteiger charge is 2.20. The quantitative estimate of drug-likeness (QED) is 0.766. The molecule has 118 valence electrons. The Labute approximate surface area is 131 Å². The highest BCUT2D eigenvalue weighted by Crippen LogP contribution is 2.20. The van der Waals surface area contributed by atoms with Gasteiger partial charge in [0.15, 0.2) is 0 Å². The second-order valence-corrected chi connectivity index (χ2v) is 5.78. The van der Waals surface area contributed by atoms with Crippen LogP contribution in [0.3, 0.4) is 0 Å². The number of carbonyl (C=O) groups excluding carboxylic acids is 1. The van der Waals surface area contributed by atoms with Gasteiger partial charge in [0.1, 0.15) is 0 Å². The zero-order valence-corrected chi connectivity index (χ0v) is 13.1. The molecular weight excluding hydrogens is 276 g/mol. The molecular formula is C18H24N2O2. The fourth-order valence-electron chi connectivity index (χ4n) is 2.36. The molecule has 0 aromatic heterocycles. The maximum Gasteiger partial charge on any atom is 0.237 e. The number of hydrogen-bond donors (Lipinski definition) is 3. The first-order chi connectivity index (χ1) is 10.5. The van der Waals surface area contributed by atoms with Crippen LogP contribution in [-0.4, -0.2) is 23.6 Å². The van der Waals surface area contributed by atoms with Crippen molar-refractivity contribution in [1.29, 1.82) is 0 Å². The number of amides is 1. The van der Waals surface area contributed by atoms with Crippen LogP contribution in [0.5, 0.6) is 0 Å². The second-order valence-electron chi connectivity index (χ2n) is 5.78. The lowest BCUT2D eigenvalue weighted by atomic mass is 9.99. The number of nitrogens with two attached hydrogens (primary N) is 1. The van der Waals surface area contributed by atoms with Crippen molar-refractivity contribution in [2.24, 2.45) is 11.7 Å². The Morgan fingerprint density at radius 3 is 2.59 bits per heavy atom. The lowest BCUT2D eigenvalue weighted by Crippen LogP contribution is -2.45. The van der Waals surface area contributed by atoms with E-state index in [0.29, 0.717) is 0 Å². The van der Waals surface area contributed by atoms with Crippen LogP contribution in [-0.2, 0) is 4.79 Å². The molecule has 0 saturated heterocycles. The normalized spacial score (nSPS) is 15.3. The van der Waals surface area contributed by atoms with E-state index in [4.69, 9.17) is 5.73 Å². The van der Waals surface area contributed by atoms with Gasteiger partial charge in [-0.05, 0) is 28.3 Å². The first-order valence-corrected chi connectivity index (χ1v) is 7.73. The maximum absolute atomic E-state index is 11.9. The lowest BCUT2D eigenvalue weighted by Gasteiger charge is -2.19. The molecule has 2 aromatic rings. The van der Waals surface area contributed by atoms with Crippen molar-refractivity contribution in [1.82, 2.24) is 5.32 Å². The van der Waals surface area contributed by atoms with Crippen LogP contribution < -0.4 is 11.1 Å². The van der Waals surface area contributed by atoms with E-state index in [-0.39, 0.29) is 18.4 Å². The average Bonchev–Trinajstić information content (AvgIpc) is 2.57. The monoisotopic (exact) mass is 300 g/mol. The first kappa shape index (κ1) is 16.5.